The Morgan fingerprint density at radius 1 is 1.29 bits per heavy atom. The van der Waals surface area contributed by atoms with Crippen LogP contribution in [0.15, 0.2) is 36.7 Å². The summed E-state index contributed by atoms with van der Waals surface area (Å²) in [4.78, 5) is 7.08. The molecule has 1 aromatic heterocycles. The molecule has 0 amide bonds. The van der Waals surface area contributed by atoms with Crippen LogP contribution in [0.1, 0.15) is 38.3 Å². The first kappa shape index (κ1) is 14.5. The molecule has 2 unspecified atom stereocenters. The van der Waals surface area contributed by atoms with Crippen LogP contribution in [0.4, 0.5) is 0 Å². The minimum atomic E-state index is 0.391. The molecule has 0 aliphatic carbocycles. The number of aromatic nitrogens is 1. The third-order valence-corrected chi connectivity index (χ3v) is 4.78. The van der Waals surface area contributed by atoms with Gasteiger partial charge in [0.05, 0.1) is 0 Å². The van der Waals surface area contributed by atoms with E-state index >= 15 is 0 Å². The summed E-state index contributed by atoms with van der Waals surface area (Å²) in [5.41, 5.74) is 7.43. The quantitative estimate of drug-likeness (QED) is 0.939. The summed E-state index contributed by atoms with van der Waals surface area (Å²) in [6.07, 6.45) is 6.47. The molecular weight excluding hydrogens is 258 g/mol. The van der Waals surface area contributed by atoms with Gasteiger partial charge in [-0.05, 0) is 56.6 Å². The van der Waals surface area contributed by atoms with Crippen LogP contribution in [-0.4, -0.2) is 29.0 Å². The van der Waals surface area contributed by atoms with E-state index in [2.05, 4.69) is 54.2 Å². The number of piperidine rings is 1. The van der Waals surface area contributed by atoms with E-state index in [4.69, 9.17) is 5.73 Å². The predicted molar refractivity (Wildman–Crippen MR) is 88.1 cm³/mol. The maximum atomic E-state index is 6.09. The first-order chi connectivity index (χ1) is 10.2. The maximum Gasteiger partial charge on any atom is 0.0412 e. The molecule has 2 aromatic rings. The summed E-state index contributed by atoms with van der Waals surface area (Å²) in [5.74, 6) is 0.522. The number of fused-ring (bicyclic) bond motifs is 1. The van der Waals surface area contributed by atoms with Crippen molar-refractivity contribution in [3.05, 3.63) is 42.2 Å². The van der Waals surface area contributed by atoms with Crippen molar-refractivity contribution in [3.8, 4) is 0 Å². The Hall–Kier alpha value is -1.45. The van der Waals surface area contributed by atoms with Gasteiger partial charge in [-0.2, -0.15) is 0 Å². The van der Waals surface area contributed by atoms with E-state index in [1.165, 1.54) is 29.2 Å². The number of nitrogens with two attached hydrogens (primary N) is 1. The first-order valence-electron chi connectivity index (χ1n) is 8.01. The van der Waals surface area contributed by atoms with E-state index in [1.807, 2.05) is 6.20 Å². The van der Waals surface area contributed by atoms with Crippen molar-refractivity contribution in [2.45, 2.75) is 38.8 Å². The Morgan fingerprint density at radius 2 is 2.10 bits per heavy atom. The molecule has 1 aromatic carbocycles. The van der Waals surface area contributed by atoms with Gasteiger partial charge in [0.25, 0.3) is 0 Å². The summed E-state index contributed by atoms with van der Waals surface area (Å²) in [6, 6.07) is 9.48. The summed E-state index contributed by atoms with van der Waals surface area (Å²) < 4.78 is 0. The lowest BCUT2D eigenvalue weighted by atomic mass is 9.83. The zero-order valence-corrected chi connectivity index (χ0v) is 13.0. The maximum absolute atomic E-state index is 6.09. The molecule has 1 saturated heterocycles. The van der Waals surface area contributed by atoms with Gasteiger partial charge in [-0.15, -0.1) is 0 Å². The Bertz CT molecular complexity index is 603. The van der Waals surface area contributed by atoms with Gasteiger partial charge >= 0.3 is 0 Å². The highest BCUT2D eigenvalue weighted by Crippen LogP contribution is 2.39. The number of benzene rings is 1. The van der Waals surface area contributed by atoms with Gasteiger partial charge in [-0.3, -0.25) is 9.88 Å². The lowest BCUT2D eigenvalue weighted by Gasteiger charge is -2.44. The second-order valence-electron chi connectivity index (χ2n) is 6.36. The van der Waals surface area contributed by atoms with Gasteiger partial charge in [0.2, 0.25) is 0 Å². The molecule has 1 fully saturated rings. The molecule has 2 N–H and O–H groups in total. The zero-order valence-electron chi connectivity index (χ0n) is 13.0. The average molecular weight is 283 g/mol. The number of rotatable bonds is 3. The van der Waals surface area contributed by atoms with E-state index in [0.717, 1.165) is 13.1 Å². The number of likely N-dealkylation sites (tertiary alicyclic amines) is 1. The van der Waals surface area contributed by atoms with Gasteiger partial charge < -0.3 is 5.73 Å². The number of pyridine rings is 1. The monoisotopic (exact) mass is 283 g/mol. The molecule has 3 nitrogen and oxygen atoms in total. The molecule has 21 heavy (non-hydrogen) atoms. The van der Waals surface area contributed by atoms with E-state index in [9.17, 15) is 0 Å². The van der Waals surface area contributed by atoms with Crippen LogP contribution in [0.3, 0.4) is 0 Å². The molecule has 0 bridgehead atoms. The second-order valence-corrected chi connectivity index (χ2v) is 6.36. The van der Waals surface area contributed by atoms with Gasteiger partial charge in [0.15, 0.2) is 0 Å². The highest BCUT2D eigenvalue weighted by Gasteiger charge is 2.34. The molecule has 3 heteroatoms. The Balaban J connectivity index is 2.12. The van der Waals surface area contributed by atoms with Crippen molar-refractivity contribution >= 4 is 10.8 Å². The van der Waals surface area contributed by atoms with Gasteiger partial charge in [0, 0.05) is 29.9 Å². The van der Waals surface area contributed by atoms with Crippen molar-refractivity contribution in [2.24, 2.45) is 11.7 Å². The highest BCUT2D eigenvalue weighted by molar-refractivity contribution is 5.85. The predicted octanol–water partition coefficient (Wildman–Crippen LogP) is 3.36. The summed E-state index contributed by atoms with van der Waals surface area (Å²) in [6.45, 7) is 6.47. The van der Waals surface area contributed by atoms with Crippen LogP contribution < -0.4 is 5.73 Å². The Labute approximate surface area is 127 Å². The summed E-state index contributed by atoms with van der Waals surface area (Å²) in [5, 5.41) is 2.54. The van der Waals surface area contributed by atoms with E-state index in [1.54, 1.807) is 0 Å². The van der Waals surface area contributed by atoms with Crippen molar-refractivity contribution in [3.63, 3.8) is 0 Å². The SMILES string of the molecule is CC(C)N1CCCC(CN)C1c1cncc2ccccc12. The summed E-state index contributed by atoms with van der Waals surface area (Å²) in [7, 11) is 0. The van der Waals surface area contributed by atoms with Crippen LogP contribution in [0.5, 0.6) is 0 Å². The molecule has 0 radical (unpaired) electrons. The fourth-order valence-electron chi connectivity index (χ4n) is 3.74. The van der Waals surface area contributed by atoms with Crippen molar-refractivity contribution in [2.75, 3.05) is 13.1 Å². The fourth-order valence-corrected chi connectivity index (χ4v) is 3.74. The van der Waals surface area contributed by atoms with Gasteiger partial charge in [0.1, 0.15) is 0 Å². The van der Waals surface area contributed by atoms with Crippen LogP contribution in [0.25, 0.3) is 10.8 Å². The minimum absolute atomic E-state index is 0.391. The van der Waals surface area contributed by atoms with Crippen molar-refractivity contribution in [1.29, 1.82) is 0 Å². The lowest BCUT2D eigenvalue weighted by Crippen LogP contribution is -2.45. The van der Waals surface area contributed by atoms with Gasteiger partial charge in [-0.25, -0.2) is 0 Å². The van der Waals surface area contributed by atoms with Crippen molar-refractivity contribution < 1.29 is 0 Å². The molecule has 2 heterocycles. The molecule has 0 spiro atoms. The van der Waals surface area contributed by atoms with Crippen LogP contribution in [0.2, 0.25) is 0 Å². The molecule has 1 aliphatic rings. The number of hydrogen-bond acceptors (Lipinski definition) is 3. The largest absolute Gasteiger partial charge is 0.330 e. The number of nitrogens with zero attached hydrogens (tertiary/aromatic N) is 2. The third kappa shape index (κ3) is 2.68. The van der Waals surface area contributed by atoms with E-state index in [0.29, 0.717) is 18.0 Å². The van der Waals surface area contributed by atoms with Crippen LogP contribution in [0, 0.1) is 5.92 Å². The zero-order chi connectivity index (χ0) is 14.8. The van der Waals surface area contributed by atoms with Crippen molar-refractivity contribution in [1.82, 2.24) is 9.88 Å². The lowest BCUT2D eigenvalue weighted by molar-refractivity contribution is 0.0672. The first-order valence-corrected chi connectivity index (χ1v) is 8.01. The highest BCUT2D eigenvalue weighted by atomic mass is 15.2. The Morgan fingerprint density at radius 3 is 2.86 bits per heavy atom. The topological polar surface area (TPSA) is 42.1 Å². The molecule has 2 atom stereocenters. The van der Waals surface area contributed by atoms with E-state index in [-0.39, 0.29) is 0 Å². The van der Waals surface area contributed by atoms with Crippen LogP contribution >= 0.6 is 0 Å². The third-order valence-electron chi connectivity index (χ3n) is 4.78. The minimum Gasteiger partial charge on any atom is -0.330 e. The second kappa shape index (κ2) is 6.12. The molecular formula is C18H25N3. The molecule has 1 aliphatic heterocycles. The molecule has 3 rings (SSSR count). The van der Waals surface area contributed by atoms with Crippen LogP contribution in [-0.2, 0) is 0 Å². The summed E-state index contributed by atoms with van der Waals surface area (Å²) >= 11 is 0. The Kier molecular flexibility index (Phi) is 4.22. The van der Waals surface area contributed by atoms with E-state index < -0.39 is 0 Å². The standard InChI is InChI=1S/C18H25N3/c1-13(2)21-9-5-7-14(10-19)18(21)17-12-20-11-15-6-3-4-8-16(15)17/h3-4,6,8,11-14,18H,5,7,9-10,19H2,1-2H3. The van der Waals surface area contributed by atoms with Gasteiger partial charge in [-0.1, -0.05) is 24.3 Å². The average Bonchev–Trinajstić information content (AvgIpc) is 2.53. The fraction of sp³-hybridized carbons (Fsp3) is 0.500. The molecule has 0 saturated carbocycles. The normalized spacial score (nSPS) is 23.8. The number of hydrogen-bond donors (Lipinski definition) is 1. The smallest absolute Gasteiger partial charge is 0.0412 e. The molecule has 112 valence electrons.